The Morgan fingerprint density at radius 1 is 1.08 bits per heavy atom. The normalized spacial score (nSPS) is 10.8. The van der Waals surface area contributed by atoms with Gasteiger partial charge in [-0.15, -0.1) is 0 Å². The van der Waals surface area contributed by atoms with Gasteiger partial charge in [0.05, 0.1) is 0 Å². The van der Waals surface area contributed by atoms with Gasteiger partial charge in [-0.3, -0.25) is 0 Å². The fourth-order valence-corrected chi connectivity index (χ4v) is 1.32. The molecule has 0 bridgehead atoms. The molecular weight excluding hydrogens is 148 g/mol. The second-order valence-electron chi connectivity index (χ2n) is 3.66. The first-order valence-corrected chi connectivity index (χ1v) is 4.32. The fraction of sp³-hybridized carbons (Fsp3) is 0.455. The largest absolute Gasteiger partial charge is 0.507 e. The summed E-state index contributed by atoms with van der Waals surface area (Å²) in [6, 6.07) is 4.10. The van der Waals surface area contributed by atoms with E-state index in [1.807, 2.05) is 26.0 Å². The molecule has 0 saturated carbocycles. The first-order chi connectivity index (χ1) is 5.52. The van der Waals surface area contributed by atoms with E-state index in [1.54, 1.807) is 0 Å². The number of rotatable bonds is 1. The van der Waals surface area contributed by atoms with E-state index in [0.717, 1.165) is 11.1 Å². The van der Waals surface area contributed by atoms with Crippen LogP contribution in [-0.2, 0) is 0 Å². The van der Waals surface area contributed by atoms with Gasteiger partial charge in [0.15, 0.2) is 0 Å². The molecule has 0 unspecified atom stereocenters. The number of phenolic OH excluding ortho intramolecular Hbond substituents is 1. The third-order valence-corrected chi connectivity index (χ3v) is 2.18. The number of aromatic hydroxyl groups is 1. The Balaban J connectivity index is 3.21. The van der Waals surface area contributed by atoms with E-state index in [4.69, 9.17) is 0 Å². The van der Waals surface area contributed by atoms with Crippen molar-refractivity contribution in [2.45, 2.75) is 33.6 Å². The molecule has 1 aromatic carbocycles. The van der Waals surface area contributed by atoms with E-state index in [-0.39, 0.29) is 0 Å². The van der Waals surface area contributed by atoms with Crippen molar-refractivity contribution in [1.82, 2.24) is 0 Å². The average molecular weight is 164 g/mol. The maximum Gasteiger partial charge on any atom is 0.121 e. The molecule has 0 radical (unpaired) electrons. The molecule has 0 atom stereocenters. The van der Waals surface area contributed by atoms with Gasteiger partial charge in [-0.05, 0) is 36.5 Å². The Hall–Kier alpha value is -0.980. The predicted molar refractivity (Wildman–Crippen MR) is 51.7 cm³/mol. The molecule has 0 aliphatic heterocycles. The first kappa shape index (κ1) is 9.11. The summed E-state index contributed by atoms with van der Waals surface area (Å²) in [6.07, 6.45) is 0. The Morgan fingerprint density at radius 2 is 1.50 bits per heavy atom. The van der Waals surface area contributed by atoms with Crippen LogP contribution in [0.25, 0.3) is 0 Å². The molecule has 1 rings (SSSR count). The zero-order chi connectivity index (χ0) is 9.30. The topological polar surface area (TPSA) is 20.2 Å². The highest BCUT2D eigenvalue weighted by atomic mass is 16.3. The van der Waals surface area contributed by atoms with Crippen molar-refractivity contribution in [2.24, 2.45) is 0 Å². The summed E-state index contributed by atoms with van der Waals surface area (Å²) in [5.74, 6) is 0.961. The number of phenols is 1. The maximum atomic E-state index is 9.51. The highest BCUT2D eigenvalue weighted by Crippen LogP contribution is 2.26. The van der Waals surface area contributed by atoms with Crippen LogP contribution >= 0.6 is 0 Å². The van der Waals surface area contributed by atoms with Crippen LogP contribution in [0.15, 0.2) is 12.1 Å². The van der Waals surface area contributed by atoms with Gasteiger partial charge in [0, 0.05) is 0 Å². The minimum absolute atomic E-state index is 0.430. The lowest BCUT2D eigenvalue weighted by Crippen LogP contribution is -1.90. The third kappa shape index (κ3) is 1.60. The van der Waals surface area contributed by atoms with Gasteiger partial charge in [-0.1, -0.05) is 26.0 Å². The van der Waals surface area contributed by atoms with Crippen molar-refractivity contribution in [3.63, 3.8) is 0 Å². The van der Waals surface area contributed by atoms with Crippen LogP contribution in [0.3, 0.4) is 0 Å². The van der Waals surface area contributed by atoms with Gasteiger partial charge in [0.2, 0.25) is 0 Å². The fourth-order valence-electron chi connectivity index (χ4n) is 1.32. The molecule has 0 spiro atoms. The molecule has 1 N–H and O–H groups in total. The zero-order valence-corrected chi connectivity index (χ0v) is 8.18. The molecule has 0 fully saturated rings. The van der Waals surface area contributed by atoms with E-state index in [2.05, 4.69) is 13.8 Å². The number of hydrogen-bond acceptors (Lipinski definition) is 1. The lowest BCUT2D eigenvalue weighted by Gasteiger charge is -2.10. The van der Waals surface area contributed by atoms with Crippen LogP contribution in [0, 0.1) is 13.8 Å². The molecule has 0 aliphatic carbocycles. The number of aryl methyl sites for hydroxylation is 2. The van der Waals surface area contributed by atoms with Crippen molar-refractivity contribution in [3.05, 3.63) is 28.8 Å². The van der Waals surface area contributed by atoms with Crippen LogP contribution in [0.5, 0.6) is 5.75 Å². The van der Waals surface area contributed by atoms with Crippen molar-refractivity contribution in [1.29, 1.82) is 0 Å². The van der Waals surface area contributed by atoms with E-state index in [0.29, 0.717) is 11.7 Å². The maximum absolute atomic E-state index is 9.51. The Morgan fingerprint density at radius 3 is 1.83 bits per heavy atom. The Kier molecular flexibility index (Phi) is 2.41. The Labute approximate surface area is 74.1 Å². The summed E-state index contributed by atoms with van der Waals surface area (Å²) in [5, 5.41) is 9.51. The zero-order valence-electron chi connectivity index (χ0n) is 8.18. The summed E-state index contributed by atoms with van der Waals surface area (Å²) in [7, 11) is 0. The molecule has 0 heterocycles. The monoisotopic (exact) mass is 164 g/mol. The van der Waals surface area contributed by atoms with Crippen molar-refractivity contribution in [2.75, 3.05) is 0 Å². The smallest absolute Gasteiger partial charge is 0.121 e. The molecule has 0 aromatic heterocycles. The molecule has 12 heavy (non-hydrogen) atoms. The summed E-state index contributed by atoms with van der Waals surface area (Å²) in [4.78, 5) is 0. The van der Waals surface area contributed by atoms with Gasteiger partial charge < -0.3 is 5.11 Å². The minimum atomic E-state index is 0.430. The van der Waals surface area contributed by atoms with Crippen LogP contribution in [-0.4, -0.2) is 5.11 Å². The third-order valence-electron chi connectivity index (χ3n) is 2.18. The molecule has 1 aromatic rings. The molecule has 66 valence electrons. The van der Waals surface area contributed by atoms with E-state index in [9.17, 15) is 5.11 Å². The van der Waals surface area contributed by atoms with Crippen molar-refractivity contribution >= 4 is 0 Å². The van der Waals surface area contributed by atoms with Gasteiger partial charge in [-0.2, -0.15) is 0 Å². The molecule has 0 aliphatic rings. The quantitative estimate of drug-likeness (QED) is 0.676. The summed E-state index contributed by atoms with van der Waals surface area (Å²) in [5.41, 5.74) is 3.24. The second-order valence-corrected chi connectivity index (χ2v) is 3.66. The van der Waals surface area contributed by atoms with Crippen LogP contribution in [0.1, 0.15) is 36.5 Å². The minimum Gasteiger partial charge on any atom is -0.507 e. The second kappa shape index (κ2) is 3.18. The van der Waals surface area contributed by atoms with Crippen LogP contribution in [0.2, 0.25) is 0 Å². The highest BCUT2D eigenvalue weighted by molar-refractivity contribution is 5.42. The van der Waals surface area contributed by atoms with Crippen molar-refractivity contribution in [3.8, 4) is 5.75 Å². The molecule has 0 saturated heterocycles. The SMILES string of the molecule is Cc1cc(C(C)C)cc(C)c1O. The average Bonchev–Trinajstić information content (AvgIpc) is 1.99. The van der Waals surface area contributed by atoms with E-state index >= 15 is 0 Å². The van der Waals surface area contributed by atoms with Crippen molar-refractivity contribution < 1.29 is 5.11 Å². The molecule has 0 amide bonds. The van der Waals surface area contributed by atoms with Gasteiger partial charge in [0.1, 0.15) is 5.75 Å². The van der Waals surface area contributed by atoms with Gasteiger partial charge in [-0.25, -0.2) is 0 Å². The van der Waals surface area contributed by atoms with E-state index in [1.165, 1.54) is 5.56 Å². The lowest BCUT2D eigenvalue weighted by molar-refractivity contribution is 0.466. The highest BCUT2D eigenvalue weighted by Gasteiger charge is 2.05. The summed E-state index contributed by atoms with van der Waals surface area (Å²) >= 11 is 0. The van der Waals surface area contributed by atoms with Crippen LogP contribution in [0.4, 0.5) is 0 Å². The Bertz CT molecular complexity index is 264. The van der Waals surface area contributed by atoms with Gasteiger partial charge >= 0.3 is 0 Å². The number of benzene rings is 1. The standard InChI is InChI=1S/C11H16O/c1-7(2)10-5-8(3)11(12)9(4)6-10/h5-7,12H,1-4H3. The molecule has 1 nitrogen and oxygen atoms in total. The van der Waals surface area contributed by atoms with Crippen LogP contribution < -0.4 is 0 Å². The number of hydrogen-bond donors (Lipinski definition) is 1. The van der Waals surface area contributed by atoms with Gasteiger partial charge in [0.25, 0.3) is 0 Å². The molecule has 1 heteroatoms. The van der Waals surface area contributed by atoms with E-state index < -0.39 is 0 Å². The summed E-state index contributed by atoms with van der Waals surface area (Å²) in [6.45, 7) is 8.19. The lowest BCUT2D eigenvalue weighted by atomic mass is 9.98. The first-order valence-electron chi connectivity index (χ1n) is 4.32. The predicted octanol–water partition coefficient (Wildman–Crippen LogP) is 3.13. The molecular formula is C11H16O. The summed E-state index contributed by atoms with van der Waals surface area (Å²) < 4.78 is 0.